The molecule has 2 amide bonds. The molecule has 8 nitrogen and oxygen atoms in total. The molecule has 1 saturated heterocycles. The molecule has 1 fully saturated rings. The molecule has 26 heavy (non-hydrogen) atoms. The summed E-state index contributed by atoms with van der Waals surface area (Å²) in [5.41, 5.74) is -0.0547. The highest BCUT2D eigenvalue weighted by molar-refractivity contribution is 5.88. The third kappa shape index (κ3) is 5.27. The molecule has 3 atom stereocenters. The Bertz CT molecular complexity index is 657. The molecule has 0 spiro atoms. The molecule has 0 radical (unpaired) electrons. The van der Waals surface area contributed by atoms with E-state index in [1.54, 1.807) is 39.8 Å². The van der Waals surface area contributed by atoms with Gasteiger partial charge in [0, 0.05) is 0 Å². The fourth-order valence-corrected chi connectivity index (χ4v) is 2.37. The first-order valence-electron chi connectivity index (χ1n) is 8.28. The van der Waals surface area contributed by atoms with Crippen molar-refractivity contribution in [3.63, 3.8) is 0 Å². The summed E-state index contributed by atoms with van der Waals surface area (Å²) in [4.78, 5) is 35.6. The van der Waals surface area contributed by atoms with Gasteiger partial charge in [0.15, 0.2) is 6.10 Å². The van der Waals surface area contributed by atoms with Crippen LogP contribution in [0.5, 0.6) is 0 Å². The summed E-state index contributed by atoms with van der Waals surface area (Å²) in [7, 11) is 0. The van der Waals surface area contributed by atoms with Crippen LogP contribution in [0.2, 0.25) is 0 Å². The van der Waals surface area contributed by atoms with Gasteiger partial charge in [0.25, 0.3) is 5.91 Å². The van der Waals surface area contributed by atoms with Crippen molar-refractivity contribution in [3.8, 4) is 0 Å². The molecule has 0 bridgehead atoms. The number of amides is 2. The van der Waals surface area contributed by atoms with Gasteiger partial charge in [-0.1, -0.05) is 30.3 Å². The quantitative estimate of drug-likeness (QED) is 0.432. The number of β-lactam (4-membered cyclic amide) rings is 1. The predicted octanol–water partition coefficient (Wildman–Crippen LogP) is 1.48. The van der Waals surface area contributed by atoms with E-state index in [1.165, 1.54) is 0 Å². The number of aldehydes is 1. The van der Waals surface area contributed by atoms with Gasteiger partial charge in [-0.3, -0.25) is 14.9 Å². The van der Waals surface area contributed by atoms with Crippen LogP contribution in [0, 0.1) is 0 Å². The van der Waals surface area contributed by atoms with E-state index in [0.717, 1.165) is 5.56 Å². The normalized spacial score (nSPS) is 21.8. The molecule has 0 saturated carbocycles. The Labute approximate surface area is 152 Å². The molecule has 1 unspecified atom stereocenters. The van der Waals surface area contributed by atoms with Gasteiger partial charge < -0.3 is 19.5 Å². The lowest BCUT2D eigenvalue weighted by atomic mass is 10.0. The summed E-state index contributed by atoms with van der Waals surface area (Å²) >= 11 is 0. The van der Waals surface area contributed by atoms with Crippen LogP contribution in [0.15, 0.2) is 30.3 Å². The van der Waals surface area contributed by atoms with Gasteiger partial charge in [-0.05, 0) is 33.3 Å². The molecule has 2 N–H and O–H groups in total. The van der Waals surface area contributed by atoms with E-state index in [1.807, 2.05) is 18.2 Å². The molecule has 0 aromatic heterocycles. The standard InChI is InChI=1S/C18H24N2O6/c1-12-14(15(22)19-12)25-18(11-21,26-17(2,3)4)20-16(23)24-10-13-8-6-5-7-9-13/h5-9,11-12,14H,10H2,1-4H3,(H,19,22)(H,20,23)/t12-,14-,18?/m0/s1. The number of nitrogens with one attached hydrogen (secondary N) is 2. The van der Waals surface area contributed by atoms with Crippen molar-refractivity contribution in [1.82, 2.24) is 10.6 Å². The lowest BCUT2D eigenvalue weighted by molar-refractivity contribution is -0.286. The zero-order valence-electron chi connectivity index (χ0n) is 15.3. The molecule has 2 rings (SSSR count). The van der Waals surface area contributed by atoms with Crippen LogP contribution in [0.1, 0.15) is 33.3 Å². The minimum absolute atomic E-state index is 0.0114. The number of rotatable bonds is 7. The van der Waals surface area contributed by atoms with Crippen molar-refractivity contribution in [2.75, 3.05) is 0 Å². The highest BCUT2D eigenvalue weighted by atomic mass is 16.7. The van der Waals surface area contributed by atoms with Gasteiger partial charge >= 0.3 is 12.0 Å². The van der Waals surface area contributed by atoms with Crippen LogP contribution in [0.4, 0.5) is 4.79 Å². The smallest absolute Gasteiger partial charge is 0.411 e. The third-order valence-corrected chi connectivity index (χ3v) is 3.49. The van der Waals surface area contributed by atoms with Crippen molar-refractivity contribution in [2.24, 2.45) is 0 Å². The Morgan fingerprint density at radius 2 is 1.92 bits per heavy atom. The summed E-state index contributed by atoms with van der Waals surface area (Å²) in [5, 5.41) is 4.88. The molecule has 1 aliphatic rings. The Morgan fingerprint density at radius 1 is 1.27 bits per heavy atom. The maximum Gasteiger partial charge on any atom is 0.411 e. The summed E-state index contributed by atoms with van der Waals surface area (Å²) in [6.45, 7) is 6.80. The van der Waals surface area contributed by atoms with Crippen LogP contribution in [-0.2, 0) is 30.4 Å². The lowest BCUT2D eigenvalue weighted by Gasteiger charge is -2.41. The molecular formula is C18H24N2O6. The summed E-state index contributed by atoms with van der Waals surface area (Å²) in [6, 6.07) is 8.75. The fourth-order valence-electron chi connectivity index (χ4n) is 2.37. The van der Waals surface area contributed by atoms with E-state index in [0.29, 0.717) is 6.29 Å². The SMILES string of the molecule is C[C@@H]1NC(=O)[C@H]1OC(C=O)(NC(=O)OCc1ccccc1)OC(C)(C)C. The lowest BCUT2D eigenvalue weighted by Crippen LogP contribution is -2.68. The van der Waals surface area contributed by atoms with Gasteiger partial charge in [-0.2, -0.15) is 0 Å². The van der Waals surface area contributed by atoms with Crippen molar-refractivity contribution >= 4 is 18.3 Å². The number of benzene rings is 1. The van der Waals surface area contributed by atoms with Crippen molar-refractivity contribution in [1.29, 1.82) is 0 Å². The monoisotopic (exact) mass is 364 g/mol. The zero-order valence-corrected chi connectivity index (χ0v) is 15.3. The Morgan fingerprint density at radius 3 is 2.42 bits per heavy atom. The van der Waals surface area contributed by atoms with E-state index < -0.39 is 23.7 Å². The number of hydrogen-bond donors (Lipinski definition) is 2. The van der Waals surface area contributed by atoms with Crippen LogP contribution < -0.4 is 10.6 Å². The first kappa shape index (κ1) is 19.9. The van der Waals surface area contributed by atoms with Crippen molar-refractivity contribution in [2.45, 2.75) is 58.0 Å². The van der Waals surface area contributed by atoms with Gasteiger partial charge in [0.1, 0.15) is 6.61 Å². The number of ether oxygens (including phenoxy) is 3. The second-order valence-corrected chi connectivity index (χ2v) is 7.02. The highest BCUT2D eigenvalue weighted by Crippen LogP contribution is 2.23. The maximum absolute atomic E-state index is 12.2. The minimum atomic E-state index is -2.14. The molecule has 142 valence electrons. The van der Waals surface area contributed by atoms with E-state index in [-0.39, 0.29) is 18.6 Å². The average molecular weight is 364 g/mol. The summed E-state index contributed by atoms with van der Waals surface area (Å²) in [5.74, 6) is -2.52. The van der Waals surface area contributed by atoms with E-state index in [4.69, 9.17) is 14.2 Å². The molecule has 1 aromatic rings. The third-order valence-electron chi connectivity index (χ3n) is 3.49. The van der Waals surface area contributed by atoms with Crippen LogP contribution >= 0.6 is 0 Å². The van der Waals surface area contributed by atoms with E-state index in [2.05, 4.69) is 10.6 Å². The second-order valence-electron chi connectivity index (χ2n) is 7.02. The summed E-state index contributed by atoms with van der Waals surface area (Å²) < 4.78 is 16.3. The second kappa shape index (κ2) is 7.84. The number of carbonyl (C=O) groups is 3. The Kier molecular flexibility index (Phi) is 5.99. The number of carbonyl (C=O) groups excluding carboxylic acids is 3. The summed E-state index contributed by atoms with van der Waals surface area (Å²) in [6.07, 6.45) is -1.52. The van der Waals surface area contributed by atoms with Crippen molar-refractivity contribution in [3.05, 3.63) is 35.9 Å². The van der Waals surface area contributed by atoms with Crippen LogP contribution in [0.3, 0.4) is 0 Å². The minimum Gasteiger partial charge on any atom is -0.445 e. The first-order valence-corrected chi connectivity index (χ1v) is 8.28. The molecule has 8 heteroatoms. The topological polar surface area (TPSA) is 103 Å². The van der Waals surface area contributed by atoms with Gasteiger partial charge in [-0.25, -0.2) is 4.79 Å². The molecule has 1 heterocycles. The van der Waals surface area contributed by atoms with E-state index >= 15 is 0 Å². The van der Waals surface area contributed by atoms with Crippen LogP contribution in [-0.4, -0.2) is 41.9 Å². The first-order chi connectivity index (χ1) is 12.1. The van der Waals surface area contributed by atoms with E-state index in [9.17, 15) is 14.4 Å². The van der Waals surface area contributed by atoms with Crippen molar-refractivity contribution < 1.29 is 28.6 Å². The van der Waals surface area contributed by atoms with Crippen LogP contribution in [0.25, 0.3) is 0 Å². The fraction of sp³-hybridized carbons (Fsp3) is 0.500. The average Bonchev–Trinajstić information content (AvgIpc) is 2.57. The highest BCUT2D eigenvalue weighted by Gasteiger charge is 2.48. The molecule has 1 aromatic carbocycles. The number of hydrogen-bond acceptors (Lipinski definition) is 6. The van der Waals surface area contributed by atoms with Gasteiger partial charge in [0.2, 0.25) is 6.29 Å². The predicted molar refractivity (Wildman–Crippen MR) is 91.9 cm³/mol. The van der Waals surface area contributed by atoms with Gasteiger partial charge in [-0.15, -0.1) is 0 Å². The molecule has 1 aliphatic heterocycles. The largest absolute Gasteiger partial charge is 0.445 e. The Balaban J connectivity index is 2.07. The number of alkyl carbamates (subject to hydrolysis) is 1. The molecule has 0 aliphatic carbocycles. The van der Waals surface area contributed by atoms with Gasteiger partial charge in [0.05, 0.1) is 11.6 Å². The maximum atomic E-state index is 12.2. The molecular weight excluding hydrogens is 340 g/mol. The Hall–Kier alpha value is -2.45. The zero-order chi connectivity index (χ0) is 19.4.